The summed E-state index contributed by atoms with van der Waals surface area (Å²) in [5.74, 6) is -0.966. The second-order valence-electron chi connectivity index (χ2n) is 11.3. The molecule has 1 unspecified atom stereocenters. The molecule has 0 amide bonds. The van der Waals surface area contributed by atoms with Gasteiger partial charge in [0, 0.05) is 12.3 Å². The summed E-state index contributed by atoms with van der Waals surface area (Å²) in [4.78, 5) is 24.8. The Balaban J connectivity index is 0.00000722. The van der Waals surface area contributed by atoms with Crippen LogP contribution in [-0.4, -0.2) is 11.9 Å². The largest absolute Gasteiger partial charge is 0.386 e. The molecule has 3 heteroatoms. The van der Waals surface area contributed by atoms with E-state index < -0.39 is 11.9 Å². The van der Waals surface area contributed by atoms with E-state index in [1.807, 2.05) is 0 Å². The fourth-order valence-corrected chi connectivity index (χ4v) is 4.85. The Labute approximate surface area is 233 Å². The van der Waals surface area contributed by atoms with E-state index in [1.54, 1.807) is 0 Å². The summed E-state index contributed by atoms with van der Waals surface area (Å²) in [5, 5.41) is 0. The monoisotopic (exact) mass is 520 g/mol. The van der Waals surface area contributed by atoms with Gasteiger partial charge in [-0.2, -0.15) is 0 Å². The maximum atomic E-state index is 12.4. The fourth-order valence-electron chi connectivity index (χ4n) is 4.85. The van der Waals surface area contributed by atoms with Crippen LogP contribution in [0.15, 0.2) is 81.0 Å². The number of carbonyl (C=O) groups excluding carboxylic acids is 2. The van der Waals surface area contributed by atoms with Gasteiger partial charge in [-0.05, 0) is 106 Å². The van der Waals surface area contributed by atoms with E-state index in [-0.39, 0.29) is 13.3 Å². The molecule has 3 nitrogen and oxygen atoms in total. The summed E-state index contributed by atoms with van der Waals surface area (Å²) >= 11 is 0. The van der Waals surface area contributed by atoms with Gasteiger partial charge in [-0.25, -0.2) is 9.59 Å². The summed E-state index contributed by atoms with van der Waals surface area (Å²) in [6.07, 6.45) is 23.3. The van der Waals surface area contributed by atoms with Crippen molar-refractivity contribution in [1.82, 2.24) is 0 Å². The van der Waals surface area contributed by atoms with Crippen molar-refractivity contribution in [1.29, 1.82) is 0 Å². The molecule has 0 aromatic carbocycles. The Morgan fingerprint density at radius 2 is 1.24 bits per heavy atom. The van der Waals surface area contributed by atoms with Gasteiger partial charge in [0.25, 0.3) is 0 Å². The van der Waals surface area contributed by atoms with Crippen LogP contribution >= 0.6 is 0 Å². The molecule has 210 valence electrons. The van der Waals surface area contributed by atoms with Crippen LogP contribution in [0, 0.1) is 5.92 Å². The number of ether oxygens (including phenoxy) is 1. The number of esters is 2. The number of cyclic esters (lactones) is 2. The maximum Gasteiger partial charge on any atom is 0.343 e. The molecule has 1 aliphatic carbocycles. The third-order valence-electron chi connectivity index (χ3n) is 7.08. The van der Waals surface area contributed by atoms with Gasteiger partial charge in [0.05, 0.1) is 11.1 Å². The standard InChI is InChI=1S/C34H48O3.CH4/c1-24(2)12-8-14-26(5)16-10-17-28(7)20-21-30-22-29(23-31-32(30)34(36)37-33(31)35)19-11-18-27(6)15-9-13-25(3)4;/h12-13,16,18,20,22,30H,8-11,14-15,17,19,21,23H2,1-7H3;1H4/b26-16+,27-18+,28-20+;. The lowest BCUT2D eigenvalue weighted by Crippen LogP contribution is -2.13. The second-order valence-corrected chi connectivity index (χ2v) is 11.3. The first-order valence-electron chi connectivity index (χ1n) is 14.0. The van der Waals surface area contributed by atoms with Crippen molar-refractivity contribution in [2.24, 2.45) is 5.92 Å². The van der Waals surface area contributed by atoms with Crippen molar-refractivity contribution in [3.63, 3.8) is 0 Å². The van der Waals surface area contributed by atoms with Crippen LogP contribution in [-0.2, 0) is 14.3 Å². The smallest absolute Gasteiger partial charge is 0.343 e. The topological polar surface area (TPSA) is 43.4 Å². The maximum absolute atomic E-state index is 12.4. The zero-order valence-electron chi connectivity index (χ0n) is 24.3. The molecule has 0 radical (unpaired) electrons. The molecule has 0 saturated carbocycles. The van der Waals surface area contributed by atoms with E-state index >= 15 is 0 Å². The quantitative estimate of drug-likeness (QED) is 0.130. The fraction of sp³-hybridized carbons (Fsp3) is 0.543. The third kappa shape index (κ3) is 11.8. The van der Waals surface area contributed by atoms with Gasteiger partial charge in [0.2, 0.25) is 0 Å². The molecular formula is C35H52O3. The Bertz CT molecular complexity index is 1040. The molecule has 2 aliphatic rings. The predicted octanol–water partition coefficient (Wildman–Crippen LogP) is 10.2. The normalized spacial score (nSPS) is 18.0. The Morgan fingerprint density at radius 1 is 0.737 bits per heavy atom. The zero-order valence-corrected chi connectivity index (χ0v) is 24.3. The van der Waals surface area contributed by atoms with Gasteiger partial charge in [-0.15, -0.1) is 0 Å². The van der Waals surface area contributed by atoms with Crippen LogP contribution in [0.2, 0.25) is 0 Å². The van der Waals surface area contributed by atoms with Crippen molar-refractivity contribution >= 4 is 11.9 Å². The van der Waals surface area contributed by atoms with Gasteiger partial charge >= 0.3 is 11.9 Å². The van der Waals surface area contributed by atoms with E-state index in [1.165, 1.54) is 33.4 Å². The Morgan fingerprint density at radius 3 is 1.79 bits per heavy atom. The third-order valence-corrected chi connectivity index (χ3v) is 7.08. The minimum atomic E-state index is -0.448. The highest BCUT2D eigenvalue weighted by Gasteiger charge is 2.39. The van der Waals surface area contributed by atoms with E-state index in [0.717, 1.165) is 57.8 Å². The molecule has 38 heavy (non-hydrogen) atoms. The summed E-state index contributed by atoms with van der Waals surface area (Å²) in [7, 11) is 0. The molecule has 1 aliphatic heterocycles. The number of allylic oxidation sites excluding steroid dienone is 12. The number of carbonyl (C=O) groups is 2. The second kappa shape index (κ2) is 17.0. The lowest BCUT2D eigenvalue weighted by atomic mass is 9.81. The molecule has 0 N–H and O–H groups in total. The highest BCUT2D eigenvalue weighted by molar-refractivity contribution is 6.13. The first-order valence-corrected chi connectivity index (χ1v) is 14.0. The van der Waals surface area contributed by atoms with Crippen LogP contribution < -0.4 is 0 Å². The van der Waals surface area contributed by atoms with Crippen LogP contribution in [0.25, 0.3) is 0 Å². The van der Waals surface area contributed by atoms with Gasteiger partial charge in [-0.3, -0.25) is 0 Å². The molecule has 0 fully saturated rings. The van der Waals surface area contributed by atoms with Gasteiger partial charge in [-0.1, -0.05) is 77.3 Å². The Kier molecular flexibility index (Phi) is 14.9. The number of rotatable bonds is 14. The molecule has 1 heterocycles. The van der Waals surface area contributed by atoms with Crippen molar-refractivity contribution in [3.05, 3.63) is 81.0 Å². The minimum Gasteiger partial charge on any atom is -0.386 e. The average Bonchev–Trinajstić information content (AvgIpc) is 3.10. The van der Waals surface area contributed by atoms with Gasteiger partial charge < -0.3 is 4.74 Å². The highest BCUT2D eigenvalue weighted by atomic mass is 16.6. The highest BCUT2D eigenvalue weighted by Crippen LogP contribution is 2.38. The van der Waals surface area contributed by atoms with Crippen molar-refractivity contribution in [2.45, 2.75) is 120 Å². The molecule has 1 atom stereocenters. The lowest BCUT2D eigenvalue weighted by Gasteiger charge is -2.20. The number of hydrogen-bond donors (Lipinski definition) is 0. The van der Waals surface area contributed by atoms with Crippen LogP contribution in [0.3, 0.4) is 0 Å². The first kappa shape index (κ1) is 33.3. The molecule has 0 aromatic heterocycles. The number of hydrogen-bond acceptors (Lipinski definition) is 3. The summed E-state index contributed by atoms with van der Waals surface area (Å²) in [6.45, 7) is 15.1. The zero-order chi connectivity index (χ0) is 27.4. The molecule has 0 aromatic rings. The van der Waals surface area contributed by atoms with Crippen LogP contribution in [0.5, 0.6) is 0 Å². The van der Waals surface area contributed by atoms with E-state index in [2.05, 4.69) is 84.9 Å². The Hall–Kier alpha value is -2.68. The molecule has 0 bridgehead atoms. The van der Waals surface area contributed by atoms with E-state index in [0.29, 0.717) is 17.6 Å². The summed E-state index contributed by atoms with van der Waals surface area (Å²) in [5.41, 5.74) is 9.31. The van der Waals surface area contributed by atoms with Crippen molar-refractivity contribution in [3.8, 4) is 0 Å². The minimum absolute atomic E-state index is 0. The van der Waals surface area contributed by atoms with Gasteiger partial charge in [0.1, 0.15) is 0 Å². The van der Waals surface area contributed by atoms with E-state index in [9.17, 15) is 9.59 Å². The van der Waals surface area contributed by atoms with Crippen molar-refractivity contribution < 1.29 is 14.3 Å². The predicted molar refractivity (Wildman–Crippen MR) is 163 cm³/mol. The molecular weight excluding hydrogens is 468 g/mol. The molecule has 0 saturated heterocycles. The molecule has 2 rings (SSSR count). The summed E-state index contributed by atoms with van der Waals surface area (Å²) < 4.78 is 5.00. The SMILES string of the molecule is C.CC(C)=CCC/C(C)=C/CCC1=CC(C/C=C(\C)CC/C=C(\C)CCC=C(C)C)C2=C(C1)C(=O)OC2=O. The van der Waals surface area contributed by atoms with Crippen molar-refractivity contribution in [2.75, 3.05) is 0 Å². The van der Waals surface area contributed by atoms with Crippen LogP contribution in [0.4, 0.5) is 0 Å². The van der Waals surface area contributed by atoms with E-state index in [4.69, 9.17) is 4.74 Å². The van der Waals surface area contributed by atoms with Crippen LogP contribution in [0.1, 0.15) is 120 Å². The first-order chi connectivity index (χ1) is 17.6. The van der Waals surface area contributed by atoms with Gasteiger partial charge in [0.15, 0.2) is 0 Å². The molecule has 0 spiro atoms. The lowest BCUT2D eigenvalue weighted by molar-refractivity contribution is -0.151. The summed E-state index contributed by atoms with van der Waals surface area (Å²) in [6, 6.07) is 0. The average molecular weight is 521 g/mol.